The van der Waals surface area contributed by atoms with Crippen molar-refractivity contribution in [2.45, 2.75) is 6.42 Å². The number of hydrogen-bond donors (Lipinski definition) is 1. The molecule has 4 nitrogen and oxygen atoms in total. The summed E-state index contributed by atoms with van der Waals surface area (Å²) in [6.07, 6.45) is 0.283. The highest BCUT2D eigenvalue weighted by molar-refractivity contribution is 8.13. The summed E-state index contributed by atoms with van der Waals surface area (Å²) in [5.74, 6) is -1.16. The molecule has 0 aliphatic rings. The van der Waals surface area contributed by atoms with E-state index < -0.39 is 15.0 Å². The topological polar surface area (TPSA) is 71.4 Å². The van der Waals surface area contributed by atoms with Crippen LogP contribution in [0.2, 0.25) is 0 Å². The summed E-state index contributed by atoms with van der Waals surface area (Å²) in [7, 11) is 1.55. The highest BCUT2D eigenvalue weighted by Gasteiger charge is 2.06. The minimum absolute atomic E-state index is 0.152. The molecule has 1 aromatic carbocycles. The van der Waals surface area contributed by atoms with Crippen LogP contribution in [0.15, 0.2) is 24.3 Å². The Kier molecular flexibility index (Phi) is 3.71. The number of halogens is 1. The van der Waals surface area contributed by atoms with Crippen molar-refractivity contribution < 1.29 is 18.3 Å². The van der Waals surface area contributed by atoms with E-state index >= 15 is 0 Å². The van der Waals surface area contributed by atoms with Gasteiger partial charge in [0.2, 0.25) is 9.05 Å². The maximum atomic E-state index is 10.7. The zero-order chi connectivity index (χ0) is 11.5. The quantitative estimate of drug-likeness (QED) is 0.820. The number of carboxylic acids is 1. The lowest BCUT2D eigenvalue weighted by molar-refractivity contribution is 0.0697. The average Bonchev–Trinajstić information content (AvgIpc) is 2.14. The van der Waals surface area contributed by atoms with Gasteiger partial charge in [-0.2, -0.15) is 0 Å². The van der Waals surface area contributed by atoms with E-state index in [4.69, 9.17) is 15.8 Å². The highest BCUT2D eigenvalue weighted by atomic mass is 35.7. The smallest absolute Gasteiger partial charge is 0.335 e. The van der Waals surface area contributed by atoms with Gasteiger partial charge in [0, 0.05) is 10.7 Å². The predicted octanol–water partition coefficient (Wildman–Crippen LogP) is 1.50. The van der Waals surface area contributed by atoms with Gasteiger partial charge in [0.1, 0.15) is 0 Å². The molecule has 1 rings (SSSR count). The van der Waals surface area contributed by atoms with Gasteiger partial charge in [0.05, 0.1) is 11.3 Å². The Morgan fingerprint density at radius 2 is 1.80 bits per heavy atom. The largest absolute Gasteiger partial charge is 0.478 e. The lowest BCUT2D eigenvalue weighted by atomic mass is 10.1. The first-order valence-corrected chi connectivity index (χ1v) is 6.61. The minimum Gasteiger partial charge on any atom is -0.478 e. The first kappa shape index (κ1) is 12.0. The molecule has 0 radical (unpaired) electrons. The minimum atomic E-state index is -3.49. The summed E-state index contributed by atoms with van der Waals surface area (Å²) >= 11 is 0. The molecule has 1 aromatic rings. The first-order chi connectivity index (χ1) is 6.88. The van der Waals surface area contributed by atoms with Crippen molar-refractivity contribution in [3.05, 3.63) is 35.4 Å². The third-order valence-electron chi connectivity index (χ3n) is 1.84. The van der Waals surface area contributed by atoms with Crippen molar-refractivity contribution in [2.75, 3.05) is 5.75 Å². The van der Waals surface area contributed by atoms with E-state index in [9.17, 15) is 13.2 Å². The van der Waals surface area contributed by atoms with Gasteiger partial charge in [-0.15, -0.1) is 0 Å². The molecule has 0 saturated carbocycles. The third kappa shape index (κ3) is 4.31. The summed E-state index contributed by atoms with van der Waals surface area (Å²) < 4.78 is 21.3. The molecule has 0 unspecified atom stereocenters. The average molecular weight is 249 g/mol. The SMILES string of the molecule is O=C(O)c1ccc(CCS(=O)(=O)Cl)cc1. The maximum absolute atomic E-state index is 10.7. The number of aryl methyl sites for hydroxylation is 1. The Morgan fingerprint density at radius 3 is 2.20 bits per heavy atom. The van der Waals surface area contributed by atoms with Gasteiger partial charge in [-0.25, -0.2) is 13.2 Å². The van der Waals surface area contributed by atoms with Gasteiger partial charge in [0.15, 0.2) is 0 Å². The van der Waals surface area contributed by atoms with E-state index in [1.807, 2.05) is 0 Å². The monoisotopic (exact) mass is 248 g/mol. The molecule has 0 aliphatic heterocycles. The van der Waals surface area contributed by atoms with Crippen molar-refractivity contribution in [2.24, 2.45) is 0 Å². The molecular formula is C9H9ClO4S. The fourth-order valence-electron chi connectivity index (χ4n) is 1.05. The molecule has 0 fully saturated rings. The molecule has 0 heterocycles. The van der Waals surface area contributed by atoms with Crippen LogP contribution in [0.4, 0.5) is 0 Å². The molecule has 0 atom stereocenters. The van der Waals surface area contributed by atoms with Crippen LogP contribution >= 0.6 is 10.7 Å². The number of carbonyl (C=O) groups is 1. The van der Waals surface area contributed by atoms with Gasteiger partial charge in [-0.3, -0.25) is 0 Å². The summed E-state index contributed by atoms with van der Waals surface area (Å²) in [5, 5.41) is 8.62. The summed E-state index contributed by atoms with van der Waals surface area (Å²) in [5.41, 5.74) is 0.914. The van der Waals surface area contributed by atoms with Gasteiger partial charge in [-0.1, -0.05) is 12.1 Å². The van der Waals surface area contributed by atoms with Crippen molar-refractivity contribution in [1.82, 2.24) is 0 Å². The van der Waals surface area contributed by atoms with E-state index in [0.29, 0.717) is 0 Å². The van der Waals surface area contributed by atoms with Crippen LogP contribution in [-0.4, -0.2) is 25.2 Å². The Balaban J connectivity index is 2.69. The molecular weight excluding hydrogens is 240 g/mol. The number of rotatable bonds is 4. The number of aromatic carboxylic acids is 1. The van der Waals surface area contributed by atoms with Crippen LogP contribution in [0.25, 0.3) is 0 Å². The second-order valence-electron chi connectivity index (χ2n) is 3.00. The van der Waals surface area contributed by atoms with Crippen LogP contribution in [0.3, 0.4) is 0 Å². The molecule has 6 heteroatoms. The van der Waals surface area contributed by atoms with Crippen LogP contribution < -0.4 is 0 Å². The Morgan fingerprint density at radius 1 is 1.27 bits per heavy atom. The van der Waals surface area contributed by atoms with Gasteiger partial charge >= 0.3 is 5.97 Å². The zero-order valence-corrected chi connectivity index (χ0v) is 9.25. The predicted molar refractivity (Wildman–Crippen MR) is 56.7 cm³/mol. The third-order valence-corrected chi connectivity index (χ3v) is 2.99. The molecule has 15 heavy (non-hydrogen) atoms. The van der Waals surface area contributed by atoms with Gasteiger partial charge < -0.3 is 5.11 Å². The normalized spacial score (nSPS) is 11.3. The Labute approximate surface area is 91.9 Å². The molecule has 0 aromatic heterocycles. The maximum Gasteiger partial charge on any atom is 0.335 e. The molecule has 0 bridgehead atoms. The van der Waals surface area contributed by atoms with Crippen molar-refractivity contribution in [1.29, 1.82) is 0 Å². The lowest BCUT2D eigenvalue weighted by Gasteiger charge is -1.99. The molecule has 0 aliphatic carbocycles. The number of carboxylic acid groups (broad SMARTS) is 1. The van der Waals surface area contributed by atoms with Crippen LogP contribution in [-0.2, 0) is 15.5 Å². The second kappa shape index (κ2) is 4.63. The number of benzene rings is 1. The molecule has 82 valence electrons. The zero-order valence-electron chi connectivity index (χ0n) is 7.68. The fourth-order valence-corrected chi connectivity index (χ4v) is 1.76. The lowest BCUT2D eigenvalue weighted by Crippen LogP contribution is -2.02. The summed E-state index contributed by atoms with van der Waals surface area (Å²) in [6.45, 7) is 0. The van der Waals surface area contributed by atoms with Crippen LogP contribution in [0, 0.1) is 0 Å². The van der Waals surface area contributed by atoms with Crippen molar-refractivity contribution in [3.63, 3.8) is 0 Å². The summed E-state index contributed by atoms with van der Waals surface area (Å²) in [4.78, 5) is 10.5. The fraction of sp³-hybridized carbons (Fsp3) is 0.222. The van der Waals surface area contributed by atoms with E-state index in [2.05, 4.69) is 0 Å². The van der Waals surface area contributed by atoms with Crippen molar-refractivity contribution in [3.8, 4) is 0 Å². The van der Waals surface area contributed by atoms with Crippen LogP contribution in [0.5, 0.6) is 0 Å². The first-order valence-electron chi connectivity index (χ1n) is 4.13. The highest BCUT2D eigenvalue weighted by Crippen LogP contribution is 2.07. The number of hydrogen-bond acceptors (Lipinski definition) is 3. The van der Waals surface area contributed by atoms with E-state index in [1.165, 1.54) is 12.1 Å². The molecule has 0 saturated heterocycles. The van der Waals surface area contributed by atoms with E-state index in [0.717, 1.165) is 5.56 Å². The molecule has 0 amide bonds. The van der Waals surface area contributed by atoms with Crippen molar-refractivity contribution >= 4 is 25.7 Å². The van der Waals surface area contributed by atoms with E-state index in [1.54, 1.807) is 12.1 Å². The second-order valence-corrected chi connectivity index (χ2v) is 5.89. The van der Waals surface area contributed by atoms with Gasteiger partial charge in [0.25, 0.3) is 0 Å². The molecule has 1 N–H and O–H groups in total. The van der Waals surface area contributed by atoms with Crippen LogP contribution in [0.1, 0.15) is 15.9 Å². The molecule has 0 spiro atoms. The standard InChI is InChI=1S/C9H9ClO4S/c10-15(13,14)6-5-7-1-3-8(4-2-7)9(11)12/h1-4H,5-6H2,(H,11,12). The van der Waals surface area contributed by atoms with E-state index in [-0.39, 0.29) is 17.7 Å². The summed E-state index contributed by atoms with van der Waals surface area (Å²) in [6, 6.07) is 6.01. The Hall–Kier alpha value is -1.07. The van der Waals surface area contributed by atoms with Gasteiger partial charge in [-0.05, 0) is 24.1 Å². The Bertz CT molecular complexity index is 450.